The van der Waals surface area contributed by atoms with Crippen molar-refractivity contribution in [1.29, 1.82) is 0 Å². The Kier molecular flexibility index (Phi) is 4.96. The minimum atomic E-state index is -1.01. The molecule has 0 bridgehead atoms. The summed E-state index contributed by atoms with van der Waals surface area (Å²) in [5.74, 6) is -1.12. The summed E-state index contributed by atoms with van der Waals surface area (Å²) >= 11 is 0. The van der Waals surface area contributed by atoms with Gasteiger partial charge in [-0.25, -0.2) is 0 Å². The number of carbonyl (C=O) groups is 2. The molecular formula is C16H22N2O3. The summed E-state index contributed by atoms with van der Waals surface area (Å²) < 4.78 is 0. The van der Waals surface area contributed by atoms with Crippen LogP contribution in [-0.2, 0) is 9.59 Å². The predicted octanol–water partition coefficient (Wildman–Crippen LogP) is 1.79. The number of aryl methyl sites for hydroxylation is 1. The second-order valence-corrected chi connectivity index (χ2v) is 5.69. The van der Waals surface area contributed by atoms with Gasteiger partial charge in [-0.05, 0) is 44.4 Å². The van der Waals surface area contributed by atoms with E-state index in [1.54, 1.807) is 12.1 Å². The first kappa shape index (κ1) is 15.5. The Morgan fingerprint density at radius 2 is 1.95 bits per heavy atom. The molecule has 2 atom stereocenters. The highest BCUT2D eigenvalue weighted by Gasteiger charge is 2.35. The first-order valence-electron chi connectivity index (χ1n) is 7.33. The van der Waals surface area contributed by atoms with Crippen molar-refractivity contribution in [2.45, 2.75) is 26.2 Å². The first-order valence-corrected chi connectivity index (χ1v) is 7.33. The van der Waals surface area contributed by atoms with Crippen LogP contribution in [0.25, 0.3) is 0 Å². The van der Waals surface area contributed by atoms with Gasteiger partial charge >= 0.3 is 5.97 Å². The molecule has 1 aliphatic carbocycles. The van der Waals surface area contributed by atoms with Crippen molar-refractivity contribution in [3.63, 3.8) is 0 Å². The highest BCUT2D eigenvalue weighted by atomic mass is 16.4. The first-order chi connectivity index (χ1) is 10.0. The Hall–Kier alpha value is -1.88. The number of anilines is 1. The maximum Gasteiger partial charge on any atom is 0.323 e. The summed E-state index contributed by atoms with van der Waals surface area (Å²) in [5, 5.41) is 9.10. The quantitative estimate of drug-likeness (QED) is 0.866. The number of carboxylic acids is 1. The molecule has 0 radical (unpaired) electrons. The number of rotatable bonds is 5. The SMILES string of the molecule is Cc1ccc(N(CC(=O)O)C(=O)C2CCCC2CN)cc1. The zero-order chi connectivity index (χ0) is 15.4. The Bertz CT molecular complexity index is 513. The minimum Gasteiger partial charge on any atom is -0.480 e. The van der Waals surface area contributed by atoms with E-state index < -0.39 is 5.97 Å². The van der Waals surface area contributed by atoms with E-state index in [0.717, 1.165) is 24.8 Å². The van der Waals surface area contributed by atoms with Crippen molar-refractivity contribution >= 4 is 17.6 Å². The average molecular weight is 290 g/mol. The van der Waals surface area contributed by atoms with Gasteiger partial charge in [0.2, 0.25) is 5.91 Å². The van der Waals surface area contributed by atoms with Crippen LogP contribution in [0.5, 0.6) is 0 Å². The van der Waals surface area contributed by atoms with E-state index in [1.807, 2.05) is 19.1 Å². The highest BCUT2D eigenvalue weighted by molar-refractivity contribution is 5.99. The molecule has 0 spiro atoms. The summed E-state index contributed by atoms with van der Waals surface area (Å²) in [7, 11) is 0. The molecule has 5 heteroatoms. The van der Waals surface area contributed by atoms with E-state index in [2.05, 4.69) is 0 Å². The monoisotopic (exact) mass is 290 g/mol. The standard InChI is InChI=1S/C16H22N2O3/c1-11-5-7-13(8-6-11)18(10-15(19)20)16(21)14-4-2-3-12(14)9-17/h5-8,12,14H,2-4,9-10,17H2,1H3,(H,19,20). The van der Waals surface area contributed by atoms with Crippen LogP contribution in [0.3, 0.4) is 0 Å². The van der Waals surface area contributed by atoms with E-state index in [4.69, 9.17) is 10.8 Å². The van der Waals surface area contributed by atoms with Crippen molar-refractivity contribution in [1.82, 2.24) is 0 Å². The maximum absolute atomic E-state index is 12.7. The second kappa shape index (κ2) is 6.72. The number of amides is 1. The van der Waals surface area contributed by atoms with Gasteiger partial charge in [0.25, 0.3) is 0 Å². The molecule has 2 rings (SSSR count). The van der Waals surface area contributed by atoms with Crippen molar-refractivity contribution in [2.75, 3.05) is 18.0 Å². The van der Waals surface area contributed by atoms with Crippen molar-refractivity contribution < 1.29 is 14.7 Å². The molecule has 114 valence electrons. The van der Waals surface area contributed by atoms with Crippen molar-refractivity contribution in [2.24, 2.45) is 17.6 Å². The Balaban J connectivity index is 2.24. The third kappa shape index (κ3) is 3.61. The molecule has 1 aromatic carbocycles. The number of hydrogen-bond acceptors (Lipinski definition) is 3. The van der Waals surface area contributed by atoms with Gasteiger partial charge < -0.3 is 15.7 Å². The number of carboxylic acid groups (broad SMARTS) is 1. The van der Waals surface area contributed by atoms with Crippen molar-refractivity contribution in [3.05, 3.63) is 29.8 Å². The Morgan fingerprint density at radius 1 is 1.29 bits per heavy atom. The fourth-order valence-electron chi connectivity index (χ4n) is 3.00. The third-order valence-corrected chi connectivity index (χ3v) is 4.18. The summed E-state index contributed by atoms with van der Waals surface area (Å²) in [5.41, 5.74) is 7.44. The molecule has 1 amide bonds. The number of benzene rings is 1. The minimum absolute atomic E-state index is 0.116. The van der Waals surface area contributed by atoms with Crippen LogP contribution in [-0.4, -0.2) is 30.1 Å². The second-order valence-electron chi connectivity index (χ2n) is 5.69. The fourth-order valence-corrected chi connectivity index (χ4v) is 3.00. The van der Waals surface area contributed by atoms with Gasteiger partial charge in [-0.2, -0.15) is 0 Å². The number of nitrogens with zero attached hydrogens (tertiary/aromatic N) is 1. The number of carbonyl (C=O) groups excluding carboxylic acids is 1. The van der Waals surface area contributed by atoms with Gasteiger partial charge in [-0.1, -0.05) is 24.1 Å². The van der Waals surface area contributed by atoms with Crippen LogP contribution >= 0.6 is 0 Å². The van der Waals surface area contributed by atoms with E-state index in [1.165, 1.54) is 4.90 Å². The molecule has 0 saturated heterocycles. The maximum atomic E-state index is 12.7. The average Bonchev–Trinajstić information content (AvgIpc) is 2.93. The molecule has 2 unspecified atom stereocenters. The summed E-state index contributed by atoms with van der Waals surface area (Å²) in [6.45, 7) is 2.12. The van der Waals surface area contributed by atoms with Crippen molar-refractivity contribution in [3.8, 4) is 0 Å². The molecule has 1 saturated carbocycles. The van der Waals surface area contributed by atoms with Crippen LogP contribution in [0.2, 0.25) is 0 Å². The lowest BCUT2D eigenvalue weighted by Crippen LogP contribution is -2.42. The smallest absolute Gasteiger partial charge is 0.323 e. The number of nitrogens with two attached hydrogens (primary N) is 1. The molecule has 0 aromatic heterocycles. The molecule has 21 heavy (non-hydrogen) atoms. The highest BCUT2D eigenvalue weighted by Crippen LogP contribution is 2.33. The van der Waals surface area contributed by atoms with Crippen LogP contribution in [0, 0.1) is 18.8 Å². The lowest BCUT2D eigenvalue weighted by molar-refractivity contribution is -0.137. The molecule has 1 aliphatic rings. The fraction of sp³-hybridized carbons (Fsp3) is 0.500. The topological polar surface area (TPSA) is 83.6 Å². The lowest BCUT2D eigenvalue weighted by atomic mass is 9.94. The van der Waals surface area contributed by atoms with Gasteiger partial charge in [0.15, 0.2) is 0 Å². The molecule has 5 nitrogen and oxygen atoms in total. The summed E-state index contributed by atoms with van der Waals surface area (Å²) in [4.78, 5) is 25.2. The van der Waals surface area contributed by atoms with E-state index in [-0.39, 0.29) is 24.3 Å². The van der Waals surface area contributed by atoms with E-state index in [9.17, 15) is 9.59 Å². The largest absolute Gasteiger partial charge is 0.480 e. The van der Waals surface area contributed by atoms with Crippen LogP contribution in [0.1, 0.15) is 24.8 Å². The van der Waals surface area contributed by atoms with Gasteiger partial charge in [-0.15, -0.1) is 0 Å². The van der Waals surface area contributed by atoms with Crippen LogP contribution in [0.4, 0.5) is 5.69 Å². The zero-order valence-corrected chi connectivity index (χ0v) is 12.3. The zero-order valence-electron chi connectivity index (χ0n) is 12.3. The number of aliphatic carboxylic acids is 1. The van der Waals surface area contributed by atoms with E-state index in [0.29, 0.717) is 12.2 Å². The molecule has 1 fully saturated rings. The third-order valence-electron chi connectivity index (χ3n) is 4.18. The van der Waals surface area contributed by atoms with E-state index >= 15 is 0 Å². The Morgan fingerprint density at radius 3 is 2.52 bits per heavy atom. The summed E-state index contributed by atoms with van der Waals surface area (Å²) in [6.07, 6.45) is 2.72. The normalized spacial score (nSPS) is 21.2. The predicted molar refractivity (Wildman–Crippen MR) is 81.1 cm³/mol. The lowest BCUT2D eigenvalue weighted by Gasteiger charge is -2.27. The van der Waals surface area contributed by atoms with Gasteiger partial charge in [0, 0.05) is 11.6 Å². The van der Waals surface area contributed by atoms with Gasteiger partial charge in [0.1, 0.15) is 6.54 Å². The van der Waals surface area contributed by atoms with Gasteiger partial charge in [-0.3, -0.25) is 9.59 Å². The van der Waals surface area contributed by atoms with Gasteiger partial charge in [0.05, 0.1) is 0 Å². The Labute approximate surface area is 124 Å². The van der Waals surface area contributed by atoms with Crippen LogP contribution in [0.15, 0.2) is 24.3 Å². The molecule has 3 N–H and O–H groups in total. The number of hydrogen-bond donors (Lipinski definition) is 2. The molecular weight excluding hydrogens is 268 g/mol. The molecule has 1 aromatic rings. The molecule has 0 heterocycles. The van der Waals surface area contributed by atoms with Crippen LogP contribution < -0.4 is 10.6 Å². The molecule has 0 aliphatic heterocycles. The summed E-state index contributed by atoms with van der Waals surface area (Å²) in [6, 6.07) is 7.35.